The molecule has 0 bridgehead atoms. The van der Waals surface area contributed by atoms with Crippen molar-refractivity contribution in [2.24, 2.45) is 0 Å². The molecule has 1 aliphatic heterocycles. The van der Waals surface area contributed by atoms with Gasteiger partial charge in [-0.05, 0) is 64.0 Å². The topological polar surface area (TPSA) is 83.8 Å². The molecule has 0 aromatic heterocycles. The molecule has 0 saturated carbocycles. The second-order valence-electron chi connectivity index (χ2n) is 6.71. The third kappa shape index (κ3) is 5.34. The van der Waals surface area contributed by atoms with Crippen molar-refractivity contribution in [2.75, 3.05) is 0 Å². The summed E-state index contributed by atoms with van der Waals surface area (Å²) in [6, 6.07) is 4.11. The fourth-order valence-electron chi connectivity index (χ4n) is 2.78. The van der Waals surface area contributed by atoms with Crippen LogP contribution < -0.4 is 0 Å². The van der Waals surface area contributed by atoms with Crippen LogP contribution in [0.2, 0.25) is 0 Å². The second kappa shape index (κ2) is 8.52. The quantitative estimate of drug-likeness (QED) is 0.330. The molecular formula is C21H24O5. The summed E-state index contributed by atoms with van der Waals surface area (Å²) in [5.74, 6) is -0.399. The van der Waals surface area contributed by atoms with Crippen LogP contribution in [0.25, 0.3) is 0 Å². The van der Waals surface area contributed by atoms with Crippen molar-refractivity contribution in [1.29, 1.82) is 0 Å². The summed E-state index contributed by atoms with van der Waals surface area (Å²) in [6.45, 7) is 5.66. The first-order valence-corrected chi connectivity index (χ1v) is 8.53. The molecule has 1 aromatic carbocycles. The molecule has 2 rings (SSSR count). The Morgan fingerprint density at radius 2 is 1.96 bits per heavy atom. The lowest BCUT2D eigenvalue weighted by atomic mass is 10.0. The van der Waals surface area contributed by atoms with Gasteiger partial charge in [0.15, 0.2) is 5.78 Å². The number of hydrogen-bond donors (Lipinski definition) is 2. The Balaban J connectivity index is 1.98. The number of aromatic hydroxyl groups is 2. The molecule has 1 aliphatic rings. The molecule has 0 aliphatic carbocycles. The van der Waals surface area contributed by atoms with E-state index in [9.17, 15) is 19.8 Å². The first-order valence-electron chi connectivity index (χ1n) is 8.53. The van der Waals surface area contributed by atoms with Crippen molar-refractivity contribution < 1.29 is 24.5 Å². The fraction of sp³-hybridized carbons (Fsp3) is 0.333. The van der Waals surface area contributed by atoms with E-state index in [1.165, 1.54) is 18.2 Å². The third-order valence-electron chi connectivity index (χ3n) is 3.98. The van der Waals surface area contributed by atoms with Gasteiger partial charge in [-0.1, -0.05) is 17.2 Å². The number of phenols is 2. The largest absolute Gasteiger partial charge is 0.508 e. The van der Waals surface area contributed by atoms with Gasteiger partial charge in [0.1, 0.15) is 17.6 Å². The van der Waals surface area contributed by atoms with Gasteiger partial charge in [0.05, 0.1) is 0 Å². The zero-order valence-corrected chi connectivity index (χ0v) is 15.3. The first-order chi connectivity index (χ1) is 12.3. The lowest BCUT2D eigenvalue weighted by Gasteiger charge is -2.10. The number of rotatable bonds is 7. The second-order valence-corrected chi connectivity index (χ2v) is 6.71. The Labute approximate surface area is 153 Å². The number of ketones is 1. The normalized spacial score (nSPS) is 16.9. The maximum Gasteiger partial charge on any atom is 0.334 e. The summed E-state index contributed by atoms with van der Waals surface area (Å²) in [4.78, 5) is 23.8. The number of cyclic esters (lactones) is 1. The number of ether oxygens (including phenoxy) is 1. The van der Waals surface area contributed by atoms with Gasteiger partial charge in [0.2, 0.25) is 0 Å². The standard InChI is InChI=1S/C21H24O5/c1-13(2)9-17(23)10-14(3)5-4-6-15-11-20(26-21(15)25)18-12-16(22)7-8-19(18)24/h5,7-9,11-12,20,22,24H,4,6,10H2,1-3H3. The Hall–Kier alpha value is -2.82. The molecule has 0 fully saturated rings. The van der Waals surface area contributed by atoms with Gasteiger partial charge in [0.25, 0.3) is 0 Å². The summed E-state index contributed by atoms with van der Waals surface area (Å²) in [7, 11) is 0. The monoisotopic (exact) mass is 356 g/mol. The highest BCUT2D eigenvalue weighted by Crippen LogP contribution is 2.36. The van der Waals surface area contributed by atoms with Crippen molar-refractivity contribution in [3.05, 3.63) is 58.7 Å². The van der Waals surface area contributed by atoms with Crippen LogP contribution in [0.15, 0.2) is 53.1 Å². The average molecular weight is 356 g/mol. The van der Waals surface area contributed by atoms with Crippen molar-refractivity contribution in [1.82, 2.24) is 0 Å². The predicted molar refractivity (Wildman–Crippen MR) is 98.7 cm³/mol. The van der Waals surface area contributed by atoms with E-state index in [4.69, 9.17) is 4.74 Å². The van der Waals surface area contributed by atoms with E-state index < -0.39 is 12.1 Å². The van der Waals surface area contributed by atoms with Gasteiger partial charge < -0.3 is 14.9 Å². The molecule has 26 heavy (non-hydrogen) atoms. The van der Waals surface area contributed by atoms with Crippen LogP contribution in [0, 0.1) is 0 Å². The lowest BCUT2D eigenvalue weighted by molar-refractivity contribution is -0.140. The first kappa shape index (κ1) is 19.5. The molecule has 5 nitrogen and oxygen atoms in total. The minimum Gasteiger partial charge on any atom is -0.508 e. The molecule has 0 saturated heterocycles. The van der Waals surface area contributed by atoms with Crippen LogP contribution >= 0.6 is 0 Å². The Morgan fingerprint density at radius 3 is 2.65 bits per heavy atom. The number of hydrogen-bond acceptors (Lipinski definition) is 5. The SMILES string of the molecule is CC(C)=CC(=O)CC(C)=CCCC1=CC(c2cc(O)ccc2O)OC1=O. The van der Waals surface area contributed by atoms with E-state index in [0.717, 1.165) is 11.1 Å². The molecule has 2 N–H and O–H groups in total. The number of esters is 1. The smallest absolute Gasteiger partial charge is 0.334 e. The maximum absolute atomic E-state index is 12.0. The van der Waals surface area contributed by atoms with Gasteiger partial charge in [-0.15, -0.1) is 0 Å². The summed E-state index contributed by atoms with van der Waals surface area (Å²) >= 11 is 0. The van der Waals surface area contributed by atoms with Gasteiger partial charge >= 0.3 is 5.97 Å². The fourth-order valence-corrected chi connectivity index (χ4v) is 2.78. The average Bonchev–Trinajstić information content (AvgIpc) is 2.89. The number of benzene rings is 1. The molecular weight excluding hydrogens is 332 g/mol. The maximum atomic E-state index is 12.0. The molecule has 1 aromatic rings. The van der Waals surface area contributed by atoms with E-state index in [1.54, 1.807) is 12.2 Å². The van der Waals surface area contributed by atoms with E-state index in [0.29, 0.717) is 30.4 Å². The molecule has 138 valence electrons. The number of phenolic OH excluding ortho intramolecular Hbond substituents is 2. The number of carbonyl (C=O) groups excluding carboxylic acids is 2. The molecule has 1 unspecified atom stereocenters. The zero-order valence-electron chi connectivity index (χ0n) is 15.3. The van der Waals surface area contributed by atoms with E-state index in [2.05, 4.69) is 0 Å². The van der Waals surface area contributed by atoms with Crippen LogP contribution in [0.1, 0.15) is 51.7 Å². The van der Waals surface area contributed by atoms with Crippen LogP contribution in [-0.4, -0.2) is 22.0 Å². The molecule has 1 atom stereocenters. The van der Waals surface area contributed by atoms with Crippen LogP contribution in [0.3, 0.4) is 0 Å². The summed E-state index contributed by atoms with van der Waals surface area (Å²) < 4.78 is 5.28. The highest BCUT2D eigenvalue weighted by atomic mass is 16.5. The molecule has 0 radical (unpaired) electrons. The van der Waals surface area contributed by atoms with E-state index >= 15 is 0 Å². The predicted octanol–water partition coefficient (Wildman–Crippen LogP) is 4.27. The van der Waals surface area contributed by atoms with Crippen LogP contribution in [0.4, 0.5) is 0 Å². The Kier molecular flexibility index (Phi) is 6.39. The van der Waals surface area contributed by atoms with Gasteiger partial charge in [0, 0.05) is 17.6 Å². The van der Waals surface area contributed by atoms with Crippen molar-refractivity contribution in [3.63, 3.8) is 0 Å². The van der Waals surface area contributed by atoms with E-state index in [1.807, 2.05) is 26.8 Å². The van der Waals surface area contributed by atoms with Crippen LogP contribution in [0.5, 0.6) is 11.5 Å². The lowest BCUT2D eigenvalue weighted by Crippen LogP contribution is -2.02. The highest BCUT2D eigenvalue weighted by molar-refractivity contribution is 5.92. The van der Waals surface area contributed by atoms with Crippen molar-refractivity contribution >= 4 is 11.8 Å². The van der Waals surface area contributed by atoms with E-state index in [-0.39, 0.29) is 17.3 Å². The zero-order chi connectivity index (χ0) is 19.3. The highest BCUT2D eigenvalue weighted by Gasteiger charge is 2.28. The minimum absolute atomic E-state index is 0.00436. The summed E-state index contributed by atoms with van der Waals surface area (Å²) in [6.07, 6.45) is 6.01. The van der Waals surface area contributed by atoms with Gasteiger partial charge in [-0.3, -0.25) is 4.79 Å². The van der Waals surface area contributed by atoms with Crippen molar-refractivity contribution in [2.45, 2.75) is 46.1 Å². The van der Waals surface area contributed by atoms with Gasteiger partial charge in [-0.25, -0.2) is 4.79 Å². The molecule has 5 heteroatoms. The van der Waals surface area contributed by atoms with Crippen LogP contribution in [-0.2, 0) is 14.3 Å². The summed E-state index contributed by atoms with van der Waals surface area (Å²) in [5.41, 5.74) is 2.81. The number of carbonyl (C=O) groups is 2. The summed E-state index contributed by atoms with van der Waals surface area (Å²) in [5, 5.41) is 19.4. The molecule has 1 heterocycles. The number of allylic oxidation sites excluding steroid dienone is 4. The van der Waals surface area contributed by atoms with Crippen molar-refractivity contribution in [3.8, 4) is 11.5 Å². The molecule has 0 spiro atoms. The Bertz CT molecular complexity index is 795. The molecule has 0 amide bonds. The van der Waals surface area contributed by atoms with Gasteiger partial charge in [-0.2, -0.15) is 0 Å². The third-order valence-corrected chi connectivity index (χ3v) is 3.98. The Morgan fingerprint density at radius 1 is 1.23 bits per heavy atom. The minimum atomic E-state index is -0.700.